The van der Waals surface area contributed by atoms with E-state index in [1.54, 1.807) is 6.92 Å². The van der Waals surface area contributed by atoms with Gasteiger partial charge in [0, 0.05) is 50.1 Å². The van der Waals surface area contributed by atoms with Crippen molar-refractivity contribution >= 4 is 17.3 Å². The van der Waals surface area contributed by atoms with Crippen LogP contribution in [0, 0.1) is 5.92 Å². The number of rotatable bonds is 2. The van der Waals surface area contributed by atoms with Gasteiger partial charge in [0.1, 0.15) is 0 Å². The molecule has 1 amide bonds. The quantitative estimate of drug-likeness (QED) is 0.905. The van der Waals surface area contributed by atoms with E-state index in [9.17, 15) is 4.79 Å². The maximum absolute atomic E-state index is 12.3. The fourth-order valence-electron chi connectivity index (χ4n) is 4.12. The Hall–Kier alpha value is -1.59. The van der Waals surface area contributed by atoms with Crippen LogP contribution in [-0.4, -0.2) is 38.3 Å². The first-order valence-corrected chi connectivity index (χ1v) is 9.06. The van der Waals surface area contributed by atoms with Gasteiger partial charge in [-0.25, -0.2) is 0 Å². The summed E-state index contributed by atoms with van der Waals surface area (Å²) in [4.78, 5) is 16.6. The van der Waals surface area contributed by atoms with E-state index in [1.807, 2.05) is 4.90 Å². The summed E-state index contributed by atoms with van der Waals surface area (Å²) in [5, 5.41) is 0. The molecule has 1 saturated heterocycles. The van der Waals surface area contributed by atoms with Gasteiger partial charge in [0.05, 0.1) is 6.61 Å². The van der Waals surface area contributed by atoms with Gasteiger partial charge in [0.15, 0.2) is 0 Å². The van der Waals surface area contributed by atoms with E-state index in [-0.39, 0.29) is 23.9 Å². The highest BCUT2D eigenvalue weighted by Gasteiger charge is 2.38. The minimum atomic E-state index is -0.0382. The van der Waals surface area contributed by atoms with Crippen LogP contribution in [0.3, 0.4) is 0 Å². The van der Waals surface area contributed by atoms with Crippen molar-refractivity contribution < 1.29 is 9.53 Å². The molecule has 1 fully saturated rings. The van der Waals surface area contributed by atoms with E-state index in [0.717, 1.165) is 50.4 Å². The molecule has 0 aromatic heterocycles. The maximum Gasteiger partial charge on any atom is 0.224 e. The number of carbonyl (C=O) groups excluding carboxylic acids is 1. The minimum absolute atomic E-state index is 0.0382. The van der Waals surface area contributed by atoms with Crippen molar-refractivity contribution in [2.45, 2.75) is 45.7 Å². The number of benzene rings is 1. The third kappa shape index (κ3) is 3.03. The molecule has 2 aliphatic rings. The summed E-state index contributed by atoms with van der Waals surface area (Å²) in [5.74, 6) is 0.340. The summed E-state index contributed by atoms with van der Waals surface area (Å²) >= 11 is 0. The number of nitrogens with zero attached hydrogens (tertiary/aromatic N) is 2. The first-order valence-electron chi connectivity index (χ1n) is 9.06. The zero-order chi connectivity index (χ0) is 17.3. The zero-order valence-corrected chi connectivity index (χ0v) is 15.0. The molecule has 2 N–H and O–H groups in total. The SMILES string of the molecule is CCC1C(C)C(N)c2cc(N3CCCOCC3)ccc2N1C(C)=O. The van der Waals surface area contributed by atoms with E-state index in [1.165, 1.54) is 5.69 Å². The molecular formula is C19H29N3O2. The van der Waals surface area contributed by atoms with Gasteiger partial charge in [-0.1, -0.05) is 13.8 Å². The number of ether oxygens (including phenoxy) is 1. The number of hydrogen-bond acceptors (Lipinski definition) is 4. The van der Waals surface area contributed by atoms with Crippen molar-refractivity contribution in [2.75, 3.05) is 36.1 Å². The van der Waals surface area contributed by atoms with Crippen LogP contribution in [0.5, 0.6) is 0 Å². The normalized spacial score (nSPS) is 27.6. The lowest BCUT2D eigenvalue weighted by Crippen LogP contribution is -2.50. The first kappa shape index (κ1) is 17.2. The first-order chi connectivity index (χ1) is 11.5. The standard InChI is InChI=1S/C19H29N3O2/c1-4-17-13(2)19(20)16-12-15(21-8-5-10-24-11-9-21)6-7-18(16)22(17)14(3)23/h6-7,12-13,17,19H,4-5,8-11,20H2,1-3H3. The Bertz CT molecular complexity index is 596. The number of nitrogens with two attached hydrogens (primary N) is 1. The molecule has 3 rings (SSSR count). The molecule has 0 aliphatic carbocycles. The summed E-state index contributed by atoms with van der Waals surface area (Å²) in [5.41, 5.74) is 9.82. The Labute approximate surface area is 144 Å². The minimum Gasteiger partial charge on any atom is -0.380 e. The smallest absolute Gasteiger partial charge is 0.224 e. The van der Waals surface area contributed by atoms with Crippen LogP contribution in [0.2, 0.25) is 0 Å². The molecule has 3 atom stereocenters. The molecule has 2 aliphatic heterocycles. The monoisotopic (exact) mass is 331 g/mol. The molecule has 132 valence electrons. The Balaban J connectivity index is 1.99. The third-order valence-corrected chi connectivity index (χ3v) is 5.48. The molecule has 2 heterocycles. The lowest BCUT2D eigenvalue weighted by molar-refractivity contribution is -0.117. The molecule has 0 saturated carbocycles. The van der Waals surface area contributed by atoms with E-state index in [2.05, 4.69) is 36.9 Å². The van der Waals surface area contributed by atoms with Crippen molar-refractivity contribution in [3.8, 4) is 0 Å². The van der Waals surface area contributed by atoms with Crippen molar-refractivity contribution in [1.29, 1.82) is 0 Å². The van der Waals surface area contributed by atoms with E-state index in [0.29, 0.717) is 0 Å². The molecule has 1 aromatic carbocycles. The van der Waals surface area contributed by atoms with E-state index in [4.69, 9.17) is 10.5 Å². The van der Waals surface area contributed by atoms with Gasteiger partial charge in [-0.2, -0.15) is 0 Å². The third-order valence-electron chi connectivity index (χ3n) is 5.48. The zero-order valence-electron chi connectivity index (χ0n) is 15.0. The Morgan fingerprint density at radius 1 is 1.33 bits per heavy atom. The van der Waals surface area contributed by atoms with Crippen molar-refractivity contribution in [1.82, 2.24) is 0 Å². The van der Waals surface area contributed by atoms with Gasteiger partial charge in [0.25, 0.3) is 0 Å². The molecule has 3 unspecified atom stereocenters. The highest BCUT2D eigenvalue weighted by atomic mass is 16.5. The Morgan fingerprint density at radius 2 is 2.12 bits per heavy atom. The van der Waals surface area contributed by atoms with Crippen molar-refractivity contribution in [3.05, 3.63) is 23.8 Å². The van der Waals surface area contributed by atoms with Crippen LogP contribution in [-0.2, 0) is 9.53 Å². The molecule has 0 radical (unpaired) electrons. The summed E-state index contributed by atoms with van der Waals surface area (Å²) in [7, 11) is 0. The molecular weight excluding hydrogens is 302 g/mol. The van der Waals surface area contributed by atoms with Crippen LogP contribution in [0.25, 0.3) is 0 Å². The van der Waals surface area contributed by atoms with E-state index < -0.39 is 0 Å². The average Bonchev–Trinajstić information content (AvgIpc) is 2.86. The topological polar surface area (TPSA) is 58.8 Å². The predicted molar refractivity (Wildman–Crippen MR) is 97.4 cm³/mol. The maximum atomic E-state index is 12.3. The second-order valence-corrected chi connectivity index (χ2v) is 6.95. The van der Waals surface area contributed by atoms with Crippen LogP contribution in [0.1, 0.15) is 45.2 Å². The van der Waals surface area contributed by atoms with Crippen LogP contribution >= 0.6 is 0 Å². The summed E-state index contributed by atoms with van der Waals surface area (Å²) in [6.45, 7) is 9.42. The van der Waals surface area contributed by atoms with Crippen LogP contribution in [0.4, 0.5) is 11.4 Å². The van der Waals surface area contributed by atoms with Gasteiger partial charge in [0.2, 0.25) is 5.91 Å². The highest BCUT2D eigenvalue weighted by Crippen LogP contribution is 2.42. The number of anilines is 2. The largest absolute Gasteiger partial charge is 0.380 e. The van der Waals surface area contributed by atoms with Crippen molar-refractivity contribution in [2.24, 2.45) is 11.7 Å². The van der Waals surface area contributed by atoms with Gasteiger partial charge >= 0.3 is 0 Å². The number of hydrogen-bond donors (Lipinski definition) is 1. The molecule has 0 bridgehead atoms. The Morgan fingerprint density at radius 3 is 2.83 bits per heavy atom. The average molecular weight is 331 g/mol. The molecule has 5 heteroatoms. The van der Waals surface area contributed by atoms with Gasteiger partial charge < -0.3 is 20.3 Å². The van der Waals surface area contributed by atoms with Crippen LogP contribution in [0.15, 0.2) is 18.2 Å². The van der Waals surface area contributed by atoms with Crippen LogP contribution < -0.4 is 15.5 Å². The fraction of sp³-hybridized carbons (Fsp3) is 0.632. The molecule has 0 spiro atoms. The molecule has 5 nitrogen and oxygen atoms in total. The lowest BCUT2D eigenvalue weighted by Gasteiger charge is -2.44. The van der Waals surface area contributed by atoms with Gasteiger partial charge in [-0.15, -0.1) is 0 Å². The second-order valence-electron chi connectivity index (χ2n) is 6.95. The summed E-state index contributed by atoms with van der Waals surface area (Å²) < 4.78 is 5.55. The lowest BCUT2D eigenvalue weighted by atomic mass is 9.81. The van der Waals surface area contributed by atoms with Crippen molar-refractivity contribution in [3.63, 3.8) is 0 Å². The number of fused-ring (bicyclic) bond motifs is 1. The second kappa shape index (κ2) is 7.11. The number of amides is 1. The molecule has 1 aromatic rings. The van der Waals surface area contributed by atoms with Gasteiger partial charge in [-0.3, -0.25) is 4.79 Å². The van der Waals surface area contributed by atoms with Gasteiger partial charge in [-0.05, 0) is 42.5 Å². The fourth-order valence-corrected chi connectivity index (χ4v) is 4.12. The highest BCUT2D eigenvalue weighted by molar-refractivity contribution is 5.94. The van der Waals surface area contributed by atoms with E-state index >= 15 is 0 Å². The number of carbonyl (C=O) groups is 1. The predicted octanol–water partition coefficient (Wildman–Crippen LogP) is 2.69. The Kier molecular flexibility index (Phi) is 5.11. The summed E-state index contributed by atoms with van der Waals surface area (Å²) in [6, 6.07) is 6.51. The summed E-state index contributed by atoms with van der Waals surface area (Å²) in [6.07, 6.45) is 1.95. The molecule has 24 heavy (non-hydrogen) atoms.